The lowest BCUT2D eigenvalue weighted by molar-refractivity contribution is -0.114. The summed E-state index contributed by atoms with van der Waals surface area (Å²) in [5, 5.41) is 8.11. The fraction of sp³-hybridized carbons (Fsp3) is 0.111. The zero-order chi connectivity index (χ0) is 15.4. The van der Waals surface area contributed by atoms with Crippen LogP contribution in [0.5, 0.6) is 0 Å². The van der Waals surface area contributed by atoms with Crippen molar-refractivity contribution in [3.05, 3.63) is 66.5 Å². The Morgan fingerprint density at radius 2 is 1.77 bits per heavy atom. The molecule has 0 aliphatic rings. The molecule has 0 aliphatic carbocycles. The van der Waals surface area contributed by atoms with E-state index in [9.17, 15) is 4.79 Å². The monoisotopic (exact) mass is 291 g/mol. The number of rotatable bonds is 4. The number of hydrogen-bond acceptors (Lipinski definition) is 3. The molecule has 0 saturated carbocycles. The molecule has 0 atom stereocenters. The minimum absolute atomic E-state index is 0.0750. The van der Waals surface area contributed by atoms with Gasteiger partial charge in [-0.1, -0.05) is 23.8 Å². The number of amides is 1. The Hall–Kier alpha value is -2.88. The normalized spacial score (nSPS) is 10.4. The van der Waals surface area contributed by atoms with Crippen molar-refractivity contribution in [3.63, 3.8) is 0 Å². The first-order chi connectivity index (χ1) is 10.7. The highest BCUT2D eigenvalue weighted by Gasteiger charge is 2.03. The zero-order valence-electron chi connectivity index (χ0n) is 12.3. The molecule has 1 amide bonds. The molecule has 0 bridgehead atoms. The molecule has 3 rings (SSSR count). The maximum absolute atomic E-state index is 12.0. The quantitative estimate of drug-likeness (QED) is 0.772. The summed E-state index contributed by atoms with van der Waals surface area (Å²) in [6.07, 6.45) is 3.55. The van der Waals surface area contributed by atoms with Crippen LogP contribution in [0.2, 0.25) is 0 Å². The number of pyridine rings is 1. The number of benzene rings is 2. The van der Waals surface area contributed by atoms with Gasteiger partial charge in [0.2, 0.25) is 5.91 Å². The van der Waals surface area contributed by atoms with Gasteiger partial charge >= 0.3 is 0 Å². The van der Waals surface area contributed by atoms with Crippen molar-refractivity contribution < 1.29 is 4.79 Å². The fourth-order valence-electron chi connectivity index (χ4n) is 2.22. The summed E-state index contributed by atoms with van der Waals surface area (Å²) in [4.78, 5) is 16.1. The van der Waals surface area contributed by atoms with Crippen molar-refractivity contribution in [3.8, 4) is 0 Å². The van der Waals surface area contributed by atoms with Gasteiger partial charge in [-0.15, -0.1) is 0 Å². The molecule has 1 aromatic heterocycles. The molecule has 1 heterocycles. The van der Waals surface area contributed by atoms with Crippen LogP contribution in [0.3, 0.4) is 0 Å². The molecule has 4 heteroatoms. The van der Waals surface area contributed by atoms with Crippen LogP contribution in [0.15, 0.2) is 60.9 Å². The van der Waals surface area contributed by atoms with Crippen LogP contribution in [0.1, 0.15) is 5.56 Å². The number of nitrogens with one attached hydrogen (secondary N) is 2. The molecule has 2 aromatic carbocycles. The Morgan fingerprint density at radius 3 is 2.59 bits per heavy atom. The summed E-state index contributed by atoms with van der Waals surface area (Å²) in [7, 11) is 0. The molecule has 3 aromatic rings. The Balaban J connectivity index is 1.61. The number of nitrogens with zero attached hydrogens (tertiary/aromatic N) is 1. The van der Waals surface area contributed by atoms with E-state index < -0.39 is 0 Å². The number of hydrogen-bond donors (Lipinski definition) is 2. The molecule has 0 radical (unpaired) electrons. The molecule has 0 saturated heterocycles. The Kier molecular flexibility index (Phi) is 4.01. The minimum Gasteiger partial charge on any atom is -0.376 e. The van der Waals surface area contributed by atoms with Gasteiger partial charge in [-0.25, -0.2) is 0 Å². The number of anilines is 2. The van der Waals surface area contributed by atoms with Crippen LogP contribution in [-0.2, 0) is 4.79 Å². The smallest absolute Gasteiger partial charge is 0.243 e. The van der Waals surface area contributed by atoms with Crippen LogP contribution in [-0.4, -0.2) is 17.4 Å². The van der Waals surface area contributed by atoms with E-state index in [0.717, 1.165) is 22.1 Å². The second-order valence-electron chi connectivity index (χ2n) is 5.21. The van der Waals surface area contributed by atoms with E-state index in [2.05, 4.69) is 15.6 Å². The summed E-state index contributed by atoms with van der Waals surface area (Å²) in [6, 6.07) is 15.7. The average molecular weight is 291 g/mol. The molecule has 4 nitrogen and oxygen atoms in total. The largest absolute Gasteiger partial charge is 0.376 e. The SMILES string of the molecule is Cc1ccc(NCC(=O)Nc2ccc3cnccc3c2)cc1. The molecular weight excluding hydrogens is 274 g/mol. The van der Waals surface area contributed by atoms with E-state index in [1.54, 1.807) is 12.4 Å². The third-order valence-corrected chi connectivity index (χ3v) is 3.43. The van der Waals surface area contributed by atoms with Crippen molar-refractivity contribution >= 4 is 28.1 Å². The second-order valence-corrected chi connectivity index (χ2v) is 5.21. The lowest BCUT2D eigenvalue weighted by Crippen LogP contribution is -2.21. The zero-order valence-corrected chi connectivity index (χ0v) is 12.3. The van der Waals surface area contributed by atoms with Gasteiger partial charge in [0.1, 0.15) is 0 Å². The highest BCUT2D eigenvalue weighted by molar-refractivity contribution is 5.96. The highest BCUT2D eigenvalue weighted by Crippen LogP contribution is 2.17. The van der Waals surface area contributed by atoms with Crippen LogP contribution < -0.4 is 10.6 Å². The van der Waals surface area contributed by atoms with E-state index in [1.807, 2.05) is 55.5 Å². The van der Waals surface area contributed by atoms with Crippen molar-refractivity contribution in [2.45, 2.75) is 6.92 Å². The number of carbonyl (C=O) groups is 1. The van der Waals surface area contributed by atoms with Gasteiger partial charge in [-0.05, 0) is 42.6 Å². The summed E-state index contributed by atoms with van der Waals surface area (Å²) in [5.74, 6) is -0.0750. The summed E-state index contributed by atoms with van der Waals surface area (Å²) < 4.78 is 0. The Labute approximate surface area is 129 Å². The first-order valence-corrected chi connectivity index (χ1v) is 7.15. The Morgan fingerprint density at radius 1 is 1.00 bits per heavy atom. The molecule has 110 valence electrons. The van der Waals surface area contributed by atoms with E-state index in [1.165, 1.54) is 5.56 Å². The number of aryl methyl sites for hydroxylation is 1. The third-order valence-electron chi connectivity index (χ3n) is 3.43. The third kappa shape index (κ3) is 3.41. The summed E-state index contributed by atoms with van der Waals surface area (Å²) >= 11 is 0. The molecule has 22 heavy (non-hydrogen) atoms. The van der Waals surface area contributed by atoms with Crippen molar-refractivity contribution in [2.75, 3.05) is 17.2 Å². The van der Waals surface area contributed by atoms with Crippen LogP contribution in [0, 0.1) is 6.92 Å². The summed E-state index contributed by atoms with van der Waals surface area (Å²) in [6.45, 7) is 2.27. The lowest BCUT2D eigenvalue weighted by atomic mass is 10.1. The predicted octanol–water partition coefficient (Wildman–Crippen LogP) is 3.59. The van der Waals surface area contributed by atoms with Gasteiger partial charge < -0.3 is 10.6 Å². The molecular formula is C18H17N3O. The first-order valence-electron chi connectivity index (χ1n) is 7.15. The van der Waals surface area contributed by atoms with Gasteiger partial charge in [-0.2, -0.15) is 0 Å². The molecule has 0 unspecified atom stereocenters. The van der Waals surface area contributed by atoms with E-state index in [4.69, 9.17) is 0 Å². The molecule has 0 spiro atoms. The van der Waals surface area contributed by atoms with Crippen LogP contribution in [0.25, 0.3) is 10.8 Å². The van der Waals surface area contributed by atoms with Gasteiger partial charge in [0.05, 0.1) is 6.54 Å². The molecule has 2 N–H and O–H groups in total. The topological polar surface area (TPSA) is 54.0 Å². The predicted molar refractivity (Wildman–Crippen MR) is 90.0 cm³/mol. The van der Waals surface area contributed by atoms with Gasteiger partial charge in [0.25, 0.3) is 0 Å². The number of carbonyl (C=O) groups excluding carboxylic acids is 1. The lowest BCUT2D eigenvalue weighted by Gasteiger charge is -2.09. The second kappa shape index (κ2) is 6.26. The standard InChI is InChI=1S/C18H17N3O/c1-13-2-5-16(6-3-13)20-12-18(22)21-17-7-4-15-11-19-9-8-14(15)10-17/h2-11,20H,12H2,1H3,(H,21,22). The Bertz CT molecular complexity index is 797. The van der Waals surface area contributed by atoms with Crippen molar-refractivity contribution in [2.24, 2.45) is 0 Å². The van der Waals surface area contributed by atoms with E-state index in [-0.39, 0.29) is 12.5 Å². The van der Waals surface area contributed by atoms with Gasteiger partial charge in [0, 0.05) is 29.2 Å². The minimum atomic E-state index is -0.0750. The van der Waals surface area contributed by atoms with E-state index in [0.29, 0.717) is 0 Å². The maximum Gasteiger partial charge on any atom is 0.243 e. The average Bonchev–Trinajstić information content (AvgIpc) is 2.54. The van der Waals surface area contributed by atoms with Crippen LogP contribution >= 0.6 is 0 Å². The van der Waals surface area contributed by atoms with Gasteiger partial charge in [0.15, 0.2) is 0 Å². The number of aromatic nitrogens is 1. The molecule has 0 fully saturated rings. The van der Waals surface area contributed by atoms with E-state index >= 15 is 0 Å². The number of fused-ring (bicyclic) bond motifs is 1. The van der Waals surface area contributed by atoms with Gasteiger partial charge in [-0.3, -0.25) is 9.78 Å². The summed E-state index contributed by atoms with van der Waals surface area (Å²) in [5.41, 5.74) is 2.92. The van der Waals surface area contributed by atoms with Crippen LogP contribution in [0.4, 0.5) is 11.4 Å². The fourth-order valence-corrected chi connectivity index (χ4v) is 2.22. The van der Waals surface area contributed by atoms with Crippen molar-refractivity contribution in [1.29, 1.82) is 0 Å². The van der Waals surface area contributed by atoms with Crippen molar-refractivity contribution in [1.82, 2.24) is 4.98 Å². The maximum atomic E-state index is 12.0. The molecule has 0 aliphatic heterocycles. The first kappa shape index (κ1) is 14.1. The highest BCUT2D eigenvalue weighted by atomic mass is 16.1.